The van der Waals surface area contributed by atoms with Crippen molar-refractivity contribution in [2.75, 3.05) is 11.4 Å². The van der Waals surface area contributed by atoms with Gasteiger partial charge in [-0.15, -0.1) is 0 Å². The van der Waals surface area contributed by atoms with Gasteiger partial charge in [0.15, 0.2) is 0 Å². The maximum absolute atomic E-state index is 12.4. The van der Waals surface area contributed by atoms with E-state index in [1.54, 1.807) is 4.90 Å². The van der Waals surface area contributed by atoms with Crippen molar-refractivity contribution in [1.82, 2.24) is 5.32 Å². The molecule has 116 valence electrons. The van der Waals surface area contributed by atoms with E-state index in [9.17, 15) is 9.59 Å². The molecule has 0 saturated heterocycles. The predicted molar refractivity (Wildman–Crippen MR) is 83.6 cm³/mol. The molecule has 0 atom stereocenters. The van der Waals surface area contributed by atoms with Crippen molar-refractivity contribution in [3.63, 3.8) is 0 Å². The molecule has 0 spiro atoms. The maximum atomic E-state index is 12.4. The first-order valence-electron chi connectivity index (χ1n) is 7.43. The molecule has 0 aliphatic carbocycles. The van der Waals surface area contributed by atoms with E-state index in [1.807, 2.05) is 44.2 Å². The van der Waals surface area contributed by atoms with E-state index >= 15 is 0 Å². The van der Waals surface area contributed by atoms with Gasteiger partial charge in [-0.25, -0.2) is 4.79 Å². The summed E-state index contributed by atoms with van der Waals surface area (Å²) in [6.07, 6.45) is 2.24. The quantitative estimate of drug-likeness (QED) is 0.772. The molecule has 1 rings (SSSR count). The van der Waals surface area contributed by atoms with Crippen molar-refractivity contribution in [3.8, 4) is 0 Å². The molecule has 21 heavy (non-hydrogen) atoms. The molecule has 1 aromatic rings. The lowest BCUT2D eigenvalue weighted by Gasteiger charge is -2.25. The standard InChI is InChI=1S/C16H24N2O3/c1-3-13(4-2)17-16(21)18(12-8-11-15(19)20)14-9-6-5-7-10-14/h5-7,9-10,13H,3-4,8,11-12H2,1-2H3,(H,17,21)(H,19,20). The Morgan fingerprint density at radius 2 is 1.81 bits per heavy atom. The molecule has 0 radical (unpaired) electrons. The summed E-state index contributed by atoms with van der Waals surface area (Å²) >= 11 is 0. The zero-order valence-corrected chi connectivity index (χ0v) is 12.7. The van der Waals surface area contributed by atoms with Crippen LogP contribution in [0.15, 0.2) is 30.3 Å². The van der Waals surface area contributed by atoms with Gasteiger partial charge in [0.25, 0.3) is 0 Å². The van der Waals surface area contributed by atoms with Crippen molar-refractivity contribution < 1.29 is 14.7 Å². The fourth-order valence-electron chi connectivity index (χ4n) is 2.09. The van der Waals surface area contributed by atoms with Crippen molar-refractivity contribution in [3.05, 3.63) is 30.3 Å². The Labute approximate surface area is 126 Å². The number of nitrogens with one attached hydrogen (secondary N) is 1. The molecule has 1 aromatic carbocycles. The van der Waals surface area contributed by atoms with Crippen LogP contribution in [0, 0.1) is 0 Å². The highest BCUT2D eigenvalue weighted by Crippen LogP contribution is 2.15. The molecule has 0 aliphatic rings. The van der Waals surface area contributed by atoms with E-state index in [-0.39, 0.29) is 18.5 Å². The maximum Gasteiger partial charge on any atom is 0.322 e. The number of hydrogen-bond acceptors (Lipinski definition) is 2. The van der Waals surface area contributed by atoms with Crippen LogP contribution in [0.25, 0.3) is 0 Å². The molecular formula is C16H24N2O3. The molecule has 2 N–H and O–H groups in total. The van der Waals surface area contributed by atoms with Gasteiger partial charge in [-0.3, -0.25) is 9.69 Å². The van der Waals surface area contributed by atoms with E-state index in [2.05, 4.69) is 5.32 Å². The minimum absolute atomic E-state index is 0.0571. The molecule has 0 saturated carbocycles. The highest BCUT2D eigenvalue weighted by Gasteiger charge is 2.18. The van der Waals surface area contributed by atoms with Gasteiger partial charge in [-0.1, -0.05) is 32.0 Å². The van der Waals surface area contributed by atoms with Gasteiger partial charge < -0.3 is 10.4 Å². The third-order valence-electron chi connectivity index (χ3n) is 3.40. The summed E-state index contributed by atoms with van der Waals surface area (Å²) in [5.41, 5.74) is 0.784. The van der Waals surface area contributed by atoms with Gasteiger partial charge in [0.1, 0.15) is 0 Å². The normalized spacial score (nSPS) is 10.4. The van der Waals surface area contributed by atoms with Crippen molar-refractivity contribution in [1.29, 1.82) is 0 Å². The SMILES string of the molecule is CCC(CC)NC(=O)N(CCCC(=O)O)c1ccccc1. The third-order valence-corrected chi connectivity index (χ3v) is 3.40. The van der Waals surface area contributed by atoms with E-state index in [4.69, 9.17) is 5.11 Å². The third kappa shape index (κ3) is 5.85. The molecule has 0 bridgehead atoms. The summed E-state index contributed by atoms with van der Waals surface area (Å²) in [6.45, 7) is 4.46. The Morgan fingerprint density at radius 1 is 1.19 bits per heavy atom. The smallest absolute Gasteiger partial charge is 0.322 e. The Morgan fingerprint density at radius 3 is 2.33 bits per heavy atom. The number of para-hydroxylation sites is 1. The average Bonchev–Trinajstić information content (AvgIpc) is 2.49. The van der Waals surface area contributed by atoms with Crippen LogP contribution in [0.2, 0.25) is 0 Å². The lowest BCUT2D eigenvalue weighted by molar-refractivity contribution is -0.137. The van der Waals surface area contributed by atoms with Gasteiger partial charge in [0.05, 0.1) is 0 Å². The van der Waals surface area contributed by atoms with Crippen LogP contribution in [0.5, 0.6) is 0 Å². The second kappa shape index (κ2) is 9.00. The van der Waals surface area contributed by atoms with Crippen molar-refractivity contribution in [2.45, 2.75) is 45.6 Å². The molecule has 0 fully saturated rings. The molecule has 2 amide bonds. The first-order chi connectivity index (χ1) is 10.1. The topological polar surface area (TPSA) is 69.6 Å². The molecule has 0 heterocycles. The Bertz CT molecular complexity index is 444. The number of urea groups is 1. The lowest BCUT2D eigenvalue weighted by atomic mass is 10.2. The predicted octanol–water partition coefficient (Wildman–Crippen LogP) is 3.26. The fourth-order valence-corrected chi connectivity index (χ4v) is 2.09. The van der Waals surface area contributed by atoms with Gasteiger partial charge >= 0.3 is 12.0 Å². The van der Waals surface area contributed by atoms with Crippen LogP contribution in [0.4, 0.5) is 10.5 Å². The highest BCUT2D eigenvalue weighted by molar-refractivity contribution is 5.92. The highest BCUT2D eigenvalue weighted by atomic mass is 16.4. The average molecular weight is 292 g/mol. The minimum Gasteiger partial charge on any atom is -0.481 e. The van der Waals surface area contributed by atoms with Crippen molar-refractivity contribution in [2.24, 2.45) is 0 Å². The number of amides is 2. The molecule has 5 heteroatoms. The lowest BCUT2D eigenvalue weighted by Crippen LogP contribution is -2.45. The number of carbonyl (C=O) groups excluding carboxylic acids is 1. The van der Waals surface area contributed by atoms with E-state index in [0.717, 1.165) is 18.5 Å². The van der Waals surface area contributed by atoms with Gasteiger partial charge in [0.2, 0.25) is 0 Å². The monoisotopic (exact) mass is 292 g/mol. The van der Waals surface area contributed by atoms with Gasteiger partial charge in [-0.2, -0.15) is 0 Å². The summed E-state index contributed by atoms with van der Waals surface area (Å²) in [5, 5.41) is 11.7. The van der Waals surface area contributed by atoms with Gasteiger partial charge in [0, 0.05) is 24.7 Å². The van der Waals surface area contributed by atoms with E-state index < -0.39 is 5.97 Å². The van der Waals surface area contributed by atoms with E-state index in [1.165, 1.54) is 0 Å². The first-order valence-corrected chi connectivity index (χ1v) is 7.43. The van der Waals surface area contributed by atoms with Crippen LogP contribution >= 0.6 is 0 Å². The Hall–Kier alpha value is -2.04. The molecule has 0 unspecified atom stereocenters. The Balaban J connectivity index is 2.76. The van der Waals surface area contributed by atoms with Crippen LogP contribution in [-0.4, -0.2) is 29.7 Å². The second-order valence-corrected chi connectivity index (χ2v) is 4.95. The number of hydrogen-bond donors (Lipinski definition) is 2. The van der Waals surface area contributed by atoms with Crippen LogP contribution in [0.1, 0.15) is 39.5 Å². The number of aliphatic carboxylic acids is 1. The minimum atomic E-state index is -0.844. The Kier molecular flexibility index (Phi) is 7.29. The zero-order valence-electron chi connectivity index (χ0n) is 12.7. The van der Waals surface area contributed by atoms with Crippen LogP contribution in [0.3, 0.4) is 0 Å². The zero-order chi connectivity index (χ0) is 15.7. The van der Waals surface area contributed by atoms with Crippen LogP contribution < -0.4 is 10.2 Å². The first kappa shape index (κ1) is 17.0. The van der Waals surface area contributed by atoms with Crippen LogP contribution in [-0.2, 0) is 4.79 Å². The molecule has 0 aliphatic heterocycles. The number of carboxylic acid groups (broad SMARTS) is 1. The second-order valence-electron chi connectivity index (χ2n) is 4.95. The number of anilines is 1. The number of nitrogens with zero attached hydrogens (tertiary/aromatic N) is 1. The summed E-state index contributed by atoms with van der Waals surface area (Å²) in [5.74, 6) is -0.844. The summed E-state index contributed by atoms with van der Waals surface area (Å²) in [4.78, 5) is 24.7. The molecule has 0 aromatic heterocycles. The number of benzene rings is 1. The van der Waals surface area contributed by atoms with Gasteiger partial charge in [-0.05, 0) is 31.4 Å². The van der Waals surface area contributed by atoms with Crippen molar-refractivity contribution >= 4 is 17.7 Å². The number of carboxylic acids is 1. The largest absolute Gasteiger partial charge is 0.481 e. The summed E-state index contributed by atoms with van der Waals surface area (Å²) in [6, 6.07) is 9.30. The number of carbonyl (C=O) groups is 2. The molecular weight excluding hydrogens is 268 g/mol. The molecule has 5 nitrogen and oxygen atoms in total. The number of rotatable bonds is 8. The summed E-state index contributed by atoms with van der Waals surface area (Å²) in [7, 11) is 0. The van der Waals surface area contributed by atoms with E-state index in [0.29, 0.717) is 13.0 Å². The fraction of sp³-hybridized carbons (Fsp3) is 0.500. The summed E-state index contributed by atoms with van der Waals surface area (Å²) < 4.78 is 0.